The molecule has 27 heavy (non-hydrogen) atoms. The summed E-state index contributed by atoms with van der Waals surface area (Å²) in [5.41, 5.74) is 1.63. The predicted octanol–water partition coefficient (Wildman–Crippen LogP) is 2.74. The Morgan fingerprint density at radius 2 is 1.89 bits per heavy atom. The van der Waals surface area contributed by atoms with Crippen molar-refractivity contribution >= 4 is 17.5 Å². The smallest absolute Gasteiger partial charge is 0.267 e. The van der Waals surface area contributed by atoms with E-state index in [1.54, 1.807) is 17.9 Å². The number of carbonyl (C=O) groups excluding carboxylic acids is 2. The molecule has 6 heteroatoms. The molecule has 2 aromatic carbocycles. The van der Waals surface area contributed by atoms with Gasteiger partial charge < -0.3 is 14.5 Å². The van der Waals surface area contributed by atoms with E-state index in [1.165, 1.54) is 4.90 Å². The first-order chi connectivity index (χ1) is 13.1. The maximum atomic E-state index is 12.7. The first kappa shape index (κ1) is 18.5. The number of para-hydroxylation sites is 2. The van der Waals surface area contributed by atoms with E-state index in [2.05, 4.69) is 0 Å². The predicted molar refractivity (Wildman–Crippen MR) is 101 cm³/mol. The zero-order chi connectivity index (χ0) is 19.2. The third kappa shape index (κ3) is 4.26. The SMILES string of the molecule is C[C@@H]1Oc2ccccc2N(CCC(=O)N(CC#N)Cc2ccccc2)C1=O. The van der Waals surface area contributed by atoms with Gasteiger partial charge in [0.05, 0.1) is 11.8 Å². The topological polar surface area (TPSA) is 73.6 Å². The van der Waals surface area contributed by atoms with Crippen molar-refractivity contribution in [1.82, 2.24) is 4.90 Å². The third-order valence-electron chi connectivity index (χ3n) is 4.45. The van der Waals surface area contributed by atoms with Gasteiger partial charge in [0.2, 0.25) is 5.91 Å². The Hall–Kier alpha value is -3.33. The third-order valence-corrected chi connectivity index (χ3v) is 4.45. The summed E-state index contributed by atoms with van der Waals surface area (Å²) in [5, 5.41) is 9.06. The van der Waals surface area contributed by atoms with Crippen molar-refractivity contribution < 1.29 is 14.3 Å². The normalized spacial score (nSPS) is 15.5. The minimum atomic E-state index is -0.588. The molecule has 0 radical (unpaired) electrons. The zero-order valence-corrected chi connectivity index (χ0v) is 15.2. The number of fused-ring (bicyclic) bond motifs is 1. The summed E-state index contributed by atoms with van der Waals surface area (Å²) in [7, 11) is 0. The number of ether oxygens (including phenoxy) is 1. The molecule has 1 aliphatic heterocycles. The second kappa shape index (κ2) is 8.37. The fraction of sp³-hybridized carbons (Fsp3) is 0.286. The van der Waals surface area contributed by atoms with Crippen LogP contribution in [0.4, 0.5) is 5.69 Å². The van der Waals surface area contributed by atoms with Gasteiger partial charge in [-0.15, -0.1) is 0 Å². The molecule has 0 fully saturated rings. The van der Waals surface area contributed by atoms with Crippen LogP contribution in [-0.4, -0.2) is 35.9 Å². The highest BCUT2D eigenvalue weighted by Crippen LogP contribution is 2.33. The standard InChI is InChI=1S/C21H21N3O3/c1-16-21(26)24(18-9-5-6-10-19(18)27-16)13-11-20(25)23(14-12-22)15-17-7-3-2-4-8-17/h2-10,16H,11,13-15H2,1H3/t16-/m0/s1. The van der Waals surface area contributed by atoms with Gasteiger partial charge in [-0.25, -0.2) is 0 Å². The van der Waals surface area contributed by atoms with Crippen molar-refractivity contribution in [3.05, 3.63) is 60.2 Å². The second-order valence-corrected chi connectivity index (χ2v) is 6.36. The fourth-order valence-electron chi connectivity index (χ4n) is 3.08. The molecule has 0 saturated carbocycles. The number of amides is 2. The molecule has 2 amide bonds. The van der Waals surface area contributed by atoms with E-state index in [-0.39, 0.29) is 31.3 Å². The lowest BCUT2D eigenvalue weighted by atomic mass is 10.1. The summed E-state index contributed by atoms with van der Waals surface area (Å²) in [6.45, 7) is 2.33. The highest BCUT2D eigenvalue weighted by atomic mass is 16.5. The molecule has 138 valence electrons. The van der Waals surface area contributed by atoms with E-state index < -0.39 is 6.10 Å². The molecular formula is C21H21N3O3. The first-order valence-electron chi connectivity index (χ1n) is 8.86. The van der Waals surface area contributed by atoms with E-state index in [0.29, 0.717) is 18.0 Å². The molecule has 3 rings (SSSR count). The molecule has 6 nitrogen and oxygen atoms in total. The zero-order valence-electron chi connectivity index (χ0n) is 15.2. The largest absolute Gasteiger partial charge is 0.479 e. The lowest BCUT2D eigenvalue weighted by molar-refractivity contribution is -0.131. The van der Waals surface area contributed by atoms with E-state index in [9.17, 15) is 9.59 Å². The maximum Gasteiger partial charge on any atom is 0.267 e. The van der Waals surface area contributed by atoms with Gasteiger partial charge in [0.1, 0.15) is 12.3 Å². The Morgan fingerprint density at radius 3 is 2.63 bits per heavy atom. The van der Waals surface area contributed by atoms with E-state index in [0.717, 1.165) is 5.56 Å². The van der Waals surface area contributed by atoms with Crippen LogP contribution in [0.5, 0.6) is 5.75 Å². The van der Waals surface area contributed by atoms with Crippen molar-refractivity contribution in [2.45, 2.75) is 26.0 Å². The van der Waals surface area contributed by atoms with Gasteiger partial charge in [-0.3, -0.25) is 9.59 Å². The summed E-state index contributed by atoms with van der Waals surface area (Å²) >= 11 is 0. The number of nitrogens with zero attached hydrogens (tertiary/aromatic N) is 3. The number of hydrogen-bond acceptors (Lipinski definition) is 4. The van der Waals surface area contributed by atoms with Crippen LogP contribution in [0.15, 0.2) is 54.6 Å². The lowest BCUT2D eigenvalue weighted by Crippen LogP contribution is -2.46. The molecule has 0 N–H and O–H groups in total. The summed E-state index contributed by atoms with van der Waals surface area (Å²) in [6, 6.07) is 18.9. The van der Waals surface area contributed by atoms with Crippen molar-refractivity contribution in [3.63, 3.8) is 0 Å². The Bertz CT molecular complexity index is 860. The summed E-state index contributed by atoms with van der Waals surface area (Å²) in [5.74, 6) is 0.302. The maximum absolute atomic E-state index is 12.7. The molecule has 0 spiro atoms. The van der Waals surface area contributed by atoms with Crippen molar-refractivity contribution in [2.75, 3.05) is 18.0 Å². The molecular weight excluding hydrogens is 342 g/mol. The average Bonchev–Trinajstić information content (AvgIpc) is 2.68. The molecule has 1 aliphatic rings. The van der Waals surface area contributed by atoms with Crippen LogP contribution in [0, 0.1) is 11.3 Å². The summed E-state index contributed by atoms with van der Waals surface area (Å²) in [6.07, 6.45) is -0.448. The number of carbonyl (C=O) groups is 2. The average molecular weight is 363 g/mol. The molecule has 0 saturated heterocycles. The van der Waals surface area contributed by atoms with Gasteiger partial charge >= 0.3 is 0 Å². The number of rotatable bonds is 6. The Labute approximate surface area is 158 Å². The number of nitriles is 1. The van der Waals surface area contributed by atoms with Crippen LogP contribution in [-0.2, 0) is 16.1 Å². The number of anilines is 1. The van der Waals surface area contributed by atoms with Crippen LogP contribution in [0.1, 0.15) is 18.9 Å². The van der Waals surface area contributed by atoms with Gasteiger partial charge in [-0.1, -0.05) is 42.5 Å². The van der Waals surface area contributed by atoms with Crippen LogP contribution in [0.3, 0.4) is 0 Å². The quantitative estimate of drug-likeness (QED) is 0.740. The fourth-order valence-corrected chi connectivity index (χ4v) is 3.08. The van der Waals surface area contributed by atoms with Crippen molar-refractivity contribution in [1.29, 1.82) is 5.26 Å². The van der Waals surface area contributed by atoms with Crippen molar-refractivity contribution in [2.24, 2.45) is 0 Å². The van der Waals surface area contributed by atoms with E-state index >= 15 is 0 Å². The van der Waals surface area contributed by atoms with Gasteiger partial charge in [-0.2, -0.15) is 5.26 Å². The van der Waals surface area contributed by atoms with Crippen LogP contribution >= 0.6 is 0 Å². The molecule has 2 aromatic rings. The first-order valence-corrected chi connectivity index (χ1v) is 8.86. The van der Waals surface area contributed by atoms with E-state index in [4.69, 9.17) is 10.00 Å². The van der Waals surface area contributed by atoms with Gasteiger partial charge in [0, 0.05) is 19.5 Å². The lowest BCUT2D eigenvalue weighted by Gasteiger charge is -2.33. The monoisotopic (exact) mass is 363 g/mol. The van der Waals surface area contributed by atoms with Gasteiger partial charge in [-0.05, 0) is 24.6 Å². The number of hydrogen-bond donors (Lipinski definition) is 0. The summed E-state index contributed by atoms with van der Waals surface area (Å²) in [4.78, 5) is 28.3. The molecule has 1 heterocycles. The Balaban J connectivity index is 1.70. The molecule has 0 aromatic heterocycles. The number of benzene rings is 2. The Kier molecular flexibility index (Phi) is 5.72. The Morgan fingerprint density at radius 1 is 1.19 bits per heavy atom. The van der Waals surface area contributed by atoms with Crippen molar-refractivity contribution in [3.8, 4) is 11.8 Å². The van der Waals surface area contributed by atoms with E-state index in [1.807, 2.05) is 54.6 Å². The highest BCUT2D eigenvalue weighted by Gasteiger charge is 2.31. The minimum absolute atomic E-state index is 0.0117. The van der Waals surface area contributed by atoms with Gasteiger partial charge in [0.25, 0.3) is 5.91 Å². The molecule has 0 unspecified atom stereocenters. The molecule has 0 bridgehead atoms. The molecule has 0 aliphatic carbocycles. The highest BCUT2D eigenvalue weighted by molar-refractivity contribution is 6.00. The minimum Gasteiger partial charge on any atom is -0.479 e. The second-order valence-electron chi connectivity index (χ2n) is 6.36. The van der Waals surface area contributed by atoms with Crippen LogP contribution in [0.25, 0.3) is 0 Å². The van der Waals surface area contributed by atoms with Crippen LogP contribution in [0.2, 0.25) is 0 Å². The van der Waals surface area contributed by atoms with Crippen LogP contribution < -0.4 is 9.64 Å². The summed E-state index contributed by atoms with van der Waals surface area (Å²) < 4.78 is 5.62. The molecule has 1 atom stereocenters. The van der Waals surface area contributed by atoms with Gasteiger partial charge in [0.15, 0.2) is 6.10 Å².